The number of carbonyl (C=O) groups is 2. The number of benzene rings is 2. The van der Waals surface area contributed by atoms with Crippen LogP contribution < -0.4 is 10.9 Å². The van der Waals surface area contributed by atoms with Crippen molar-refractivity contribution in [1.82, 2.24) is 10.3 Å². The second-order valence-corrected chi connectivity index (χ2v) is 6.22. The summed E-state index contributed by atoms with van der Waals surface area (Å²) < 4.78 is 66.6. The summed E-state index contributed by atoms with van der Waals surface area (Å²) in [6, 6.07) is 9.04. The molecule has 2 aromatic rings. The van der Waals surface area contributed by atoms with Crippen molar-refractivity contribution < 1.29 is 31.5 Å². The van der Waals surface area contributed by atoms with Gasteiger partial charge in [-0.15, -0.1) is 0 Å². The average molecular weight is 399 g/mol. The smallest absolute Gasteiger partial charge is 0.243 e. The van der Waals surface area contributed by atoms with Gasteiger partial charge in [-0.3, -0.25) is 20.4 Å². The molecule has 0 spiro atoms. The number of rotatable bonds is 5. The number of anilines is 1. The van der Waals surface area contributed by atoms with Crippen LogP contribution in [0.1, 0.15) is 12.0 Å². The van der Waals surface area contributed by atoms with Crippen LogP contribution in [0.25, 0.3) is 0 Å². The number of nitrogens with zero attached hydrogens (tertiary/aromatic N) is 1. The number of nitrogens with one attached hydrogen (secondary N) is 2. The third kappa shape index (κ3) is 3.75. The molecule has 0 bridgehead atoms. The average Bonchev–Trinajstić information content (AvgIpc) is 3.06. The standard InChI is InChI=1S/C18H14F5N3O2/c19-12-13(20)15(22)17(16(23)14(12)21)24-25-18(28)10-6-11(27)26(8-10)7-9-4-2-1-3-5-9/h1-5,10,24H,6-8H2,(H,25,28)/t10-/m0/s1. The Bertz CT molecular complexity index is 894. The van der Waals surface area contributed by atoms with Gasteiger partial charge in [-0.25, -0.2) is 22.0 Å². The highest BCUT2D eigenvalue weighted by atomic mass is 19.2. The van der Waals surface area contributed by atoms with Gasteiger partial charge >= 0.3 is 0 Å². The second-order valence-electron chi connectivity index (χ2n) is 6.22. The highest BCUT2D eigenvalue weighted by molar-refractivity contribution is 5.89. The molecule has 2 amide bonds. The maximum atomic E-state index is 13.6. The van der Waals surface area contributed by atoms with Crippen molar-refractivity contribution in [3.05, 3.63) is 65.0 Å². The molecule has 1 aliphatic rings. The molecular formula is C18H14F5N3O2. The Labute approximate surface area is 156 Å². The summed E-state index contributed by atoms with van der Waals surface area (Å²) in [5.41, 5.74) is 3.10. The van der Waals surface area contributed by atoms with Crippen LogP contribution in [0.2, 0.25) is 0 Å². The van der Waals surface area contributed by atoms with E-state index in [1.54, 1.807) is 17.6 Å². The zero-order valence-corrected chi connectivity index (χ0v) is 14.2. The minimum atomic E-state index is -2.30. The monoisotopic (exact) mass is 399 g/mol. The van der Waals surface area contributed by atoms with E-state index in [0.717, 1.165) is 5.56 Å². The topological polar surface area (TPSA) is 61.4 Å². The van der Waals surface area contributed by atoms with Crippen molar-refractivity contribution in [1.29, 1.82) is 0 Å². The van der Waals surface area contributed by atoms with E-state index < -0.39 is 46.6 Å². The van der Waals surface area contributed by atoms with Crippen molar-refractivity contribution in [2.75, 3.05) is 12.0 Å². The van der Waals surface area contributed by atoms with Gasteiger partial charge in [0.05, 0.1) is 5.92 Å². The predicted octanol–water partition coefficient (Wildman–Crippen LogP) is 2.87. The molecule has 0 aliphatic carbocycles. The van der Waals surface area contributed by atoms with Gasteiger partial charge in [0, 0.05) is 19.5 Å². The normalized spacial score (nSPS) is 16.4. The van der Waals surface area contributed by atoms with Crippen LogP contribution in [-0.2, 0) is 16.1 Å². The lowest BCUT2D eigenvalue weighted by atomic mass is 10.1. The molecule has 1 fully saturated rings. The van der Waals surface area contributed by atoms with Crippen molar-refractivity contribution in [2.24, 2.45) is 5.92 Å². The molecule has 5 nitrogen and oxygen atoms in total. The Morgan fingerprint density at radius 2 is 1.54 bits per heavy atom. The van der Waals surface area contributed by atoms with Gasteiger partial charge in [0.1, 0.15) is 5.69 Å². The van der Waals surface area contributed by atoms with E-state index in [1.165, 1.54) is 4.90 Å². The molecular weight excluding hydrogens is 385 g/mol. The van der Waals surface area contributed by atoms with Crippen molar-refractivity contribution >= 4 is 17.5 Å². The molecule has 1 saturated heterocycles. The molecule has 2 N–H and O–H groups in total. The van der Waals surface area contributed by atoms with Crippen LogP contribution in [-0.4, -0.2) is 23.3 Å². The SMILES string of the molecule is O=C(NNc1c(F)c(F)c(F)c(F)c1F)[C@H]1CC(=O)N(Cc2ccccc2)C1. The van der Waals surface area contributed by atoms with E-state index in [0.29, 0.717) is 0 Å². The minimum absolute atomic E-state index is 0.0539. The highest BCUT2D eigenvalue weighted by Gasteiger charge is 2.34. The lowest BCUT2D eigenvalue weighted by Crippen LogP contribution is -2.37. The predicted molar refractivity (Wildman–Crippen MR) is 88.0 cm³/mol. The van der Waals surface area contributed by atoms with Gasteiger partial charge in [-0.05, 0) is 5.56 Å². The summed E-state index contributed by atoms with van der Waals surface area (Å²) in [7, 11) is 0. The Kier molecular flexibility index (Phi) is 5.48. The molecule has 1 aliphatic heterocycles. The maximum Gasteiger partial charge on any atom is 0.243 e. The van der Waals surface area contributed by atoms with Crippen LogP contribution in [0, 0.1) is 35.0 Å². The third-order valence-corrected chi connectivity index (χ3v) is 4.32. The fraction of sp³-hybridized carbons (Fsp3) is 0.222. The van der Waals surface area contributed by atoms with Gasteiger partial charge in [0.25, 0.3) is 0 Å². The summed E-state index contributed by atoms with van der Waals surface area (Å²) >= 11 is 0. The Hall–Kier alpha value is -3.17. The Balaban J connectivity index is 1.64. The summed E-state index contributed by atoms with van der Waals surface area (Å²) in [6.45, 7) is 0.340. The quantitative estimate of drug-likeness (QED) is 0.352. The van der Waals surface area contributed by atoms with Gasteiger partial charge in [0.2, 0.25) is 17.6 Å². The van der Waals surface area contributed by atoms with Crippen molar-refractivity contribution in [2.45, 2.75) is 13.0 Å². The first-order valence-corrected chi connectivity index (χ1v) is 8.18. The number of hydrazine groups is 1. The Morgan fingerprint density at radius 1 is 0.964 bits per heavy atom. The Morgan fingerprint density at radius 3 is 2.14 bits per heavy atom. The number of hydrogen-bond donors (Lipinski definition) is 2. The lowest BCUT2D eigenvalue weighted by molar-refractivity contribution is -0.129. The van der Waals surface area contributed by atoms with E-state index in [9.17, 15) is 31.5 Å². The molecule has 1 atom stereocenters. The zero-order valence-electron chi connectivity index (χ0n) is 14.2. The van der Waals surface area contributed by atoms with E-state index >= 15 is 0 Å². The zero-order chi connectivity index (χ0) is 20.4. The van der Waals surface area contributed by atoms with E-state index in [4.69, 9.17) is 0 Å². The third-order valence-electron chi connectivity index (χ3n) is 4.32. The number of carbonyl (C=O) groups excluding carboxylic acids is 2. The minimum Gasteiger partial charge on any atom is -0.338 e. The number of amides is 2. The molecule has 28 heavy (non-hydrogen) atoms. The van der Waals surface area contributed by atoms with Crippen molar-refractivity contribution in [3.63, 3.8) is 0 Å². The van der Waals surface area contributed by atoms with Gasteiger partial charge in [-0.1, -0.05) is 30.3 Å². The summed E-state index contributed by atoms with van der Waals surface area (Å²) in [5.74, 6) is -12.7. The van der Waals surface area contributed by atoms with Crippen LogP contribution in [0.3, 0.4) is 0 Å². The first-order chi connectivity index (χ1) is 13.3. The number of halogens is 5. The van der Waals surface area contributed by atoms with Crippen molar-refractivity contribution in [3.8, 4) is 0 Å². The number of likely N-dealkylation sites (tertiary alicyclic amines) is 1. The van der Waals surface area contributed by atoms with E-state index in [1.807, 2.05) is 23.6 Å². The summed E-state index contributed by atoms with van der Waals surface area (Å²) in [5, 5.41) is 0. The van der Waals surface area contributed by atoms with Gasteiger partial charge in [0.15, 0.2) is 23.3 Å². The van der Waals surface area contributed by atoms with Crippen LogP contribution in [0.4, 0.5) is 27.6 Å². The number of hydrogen-bond acceptors (Lipinski definition) is 3. The summed E-state index contributed by atoms with van der Waals surface area (Å²) in [6.07, 6.45) is -0.141. The first-order valence-electron chi connectivity index (χ1n) is 8.18. The lowest BCUT2D eigenvalue weighted by Gasteiger charge is -2.17. The molecule has 0 aromatic heterocycles. The first kappa shape index (κ1) is 19.6. The van der Waals surface area contributed by atoms with Crippen LogP contribution in [0.5, 0.6) is 0 Å². The maximum absolute atomic E-state index is 13.6. The molecule has 3 rings (SSSR count). The molecule has 0 unspecified atom stereocenters. The van der Waals surface area contributed by atoms with E-state index in [2.05, 4.69) is 0 Å². The fourth-order valence-corrected chi connectivity index (χ4v) is 2.85. The molecule has 1 heterocycles. The van der Waals surface area contributed by atoms with Crippen LogP contribution in [0.15, 0.2) is 30.3 Å². The molecule has 10 heteroatoms. The molecule has 2 aromatic carbocycles. The molecule has 0 radical (unpaired) electrons. The largest absolute Gasteiger partial charge is 0.338 e. The molecule has 0 saturated carbocycles. The van der Waals surface area contributed by atoms with Crippen LogP contribution >= 0.6 is 0 Å². The van der Waals surface area contributed by atoms with Gasteiger partial charge < -0.3 is 4.90 Å². The fourth-order valence-electron chi connectivity index (χ4n) is 2.85. The second kappa shape index (κ2) is 7.83. The highest BCUT2D eigenvalue weighted by Crippen LogP contribution is 2.27. The summed E-state index contributed by atoms with van der Waals surface area (Å²) in [4.78, 5) is 25.7. The molecule has 148 valence electrons. The van der Waals surface area contributed by atoms with E-state index in [-0.39, 0.29) is 25.4 Å². The van der Waals surface area contributed by atoms with Gasteiger partial charge in [-0.2, -0.15) is 0 Å².